The number of nitrogens with one attached hydrogen (secondary N) is 2. The van der Waals surface area contributed by atoms with Crippen LogP contribution in [0.1, 0.15) is 18.4 Å². The van der Waals surface area contributed by atoms with Crippen molar-refractivity contribution in [3.05, 3.63) is 35.9 Å². The van der Waals surface area contributed by atoms with Gasteiger partial charge in [0.1, 0.15) is 0 Å². The van der Waals surface area contributed by atoms with Gasteiger partial charge >= 0.3 is 5.97 Å². The topological polar surface area (TPSA) is 78.4 Å². The summed E-state index contributed by atoms with van der Waals surface area (Å²) in [4.78, 5) is 23.2. The third-order valence-corrected chi connectivity index (χ3v) is 3.43. The molecule has 1 aliphatic heterocycles. The molecule has 0 spiro atoms. The maximum absolute atomic E-state index is 11.9. The summed E-state index contributed by atoms with van der Waals surface area (Å²) in [5.41, 5.74) is -0.0556. The van der Waals surface area contributed by atoms with Crippen LogP contribution in [0, 0.1) is 0 Å². The quantitative estimate of drug-likeness (QED) is 0.724. The Labute approximate surface area is 112 Å². The molecule has 1 amide bonds. The van der Waals surface area contributed by atoms with Crippen LogP contribution in [0.15, 0.2) is 30.3 Å². The Bertz CT molecular complexity index is 453. The number of benzene rings is 1. The molecule has 1 aliphatic rings. The summed E-state index contributed by atoms with van der Waals surface area (Å²) in [7, 11) is 0. The third kappa shape index (κ3) is 3.32. The van der Waals surface area contributed by atoms with Crippen LogP contribution in [0.5, 0.6) is 0 Å². The SMILES string of the molecule is O=C(CCc1ccccc1)NC1(C(=O)O)CCNC1. The van der Waals surface area contributed by atoms with E-state index in [-0.39, 0.29) is 5.91 Å². The predicted molar refractivity (Wildman–Crippen MR) is 70.8 cm³/mol. The predicted octanol–water partition coefficient (Wildman–Crippen LogP) is 0.552. The van der Waals surface area contributed by atoms with Crippen molar-refractivity contribution in [3.63, 3.8) is 0 Å². The van der Waals surface area contributed by atoms with E-state index in [0.29, 0.717) is 32.4 Å². The van der Waals surface area contributed by atoms with Gasteiger partial charge in [0.05, 0.1) is 0 Å². The number of amides is 1. The van der Waals surface area contributed by atoms with Gasteiger partial charge in [0, 0.05) is 13.0 Å². The van der Waals surface area contributed by atoms with Gasteiger partial charge in [-0.2, -0.15) is 0 Å². The van der Waals surface area contributed by atoms with Gasteiger partial charge < -0.3 is 15.7 Å². The summed E-state index contributed by atoms with van der Waals surface area (Å²) in [5.74, 6) is -1.18. The molecule has 1 saturated heterocycles. The molecule has 0 aliphatic carbocycles. The fourth-order valence-corrected chi connectivity index (χ4v) is 2.27. The summed E-state index contributed by atoms with van der Waals surface area (Å²) in [6.07, 6.45) is 1.36. The monoisotopic (exact) mass is 262 g/mol. The molecule has 5 nitrogen and oxygen atoms in total. The number of carbonyl (C=O) groups is 2. The van der Waals surface area contributed by atoms with Crippen molar-refractivity contribution in [2.75, 3.05) is 13.1 Å². The standard InChI is InChI=1S/C14H18N2O3/c17-12(7-6-11-4-2-1-3-5-11)16-14(13(18)19)8-9-15-10-14/h1-5,15H,6-10H2,(H,16,17)(H,18,19). The molecule has 0 bridgehead atoms. The molecule has 1 fully saturated rings. The minimum atomic E-state index is -1.13. The van der Waals surface area contributed by atoms with E-state index in [1.165, 1.54) is 0 Å². The minimum Gasteiger partial charge on any atom is -0.479 e. The number of hydrogen-bond acceptors (Lipinski definition) is 3. The molecule has 0 radical (unpaired) electrons. The van der Waals surface area contributed by atoms with Crippen molar-refractivity contribution in [2.24, 2.45) is 0 Å². The summed E-state index contributed by atoms with van der Waals surface area (Å²) in [6, 6.07) is 9.68. The first-order valence-electron chi connectivity index (χ1n) is 6.41. The molecule has 1 heterocycles. The van der Waals surface area contributed by atoms with Gasteiger partial charge in [0.15, 0.2) is 5.54 Å². The molecule has 1 atom stereocenters. The number of carboxylic acids is 1. The van der Waals surface area contributed by atoms with E-state index in [1.807, 2.05) is 30.3 Å². The largest absolute Gasteiger partial charge is 0.479 e. The fraction of sp³-hybridized carbons (Fsp3) is 0.429. The van der Waals surface area contributed by atoms with Gasteiger partial charge in [-0.1, -0.05) is 30.3 Å². The molecule has 1 unspecified atom stereocenters. The van der Waals surface area contributed by atoms with Crippen molar-refractivity contribution < 1.29 is 14.7 Å². The minimum absolute atomic E-state index is 0.213. The number of carboxylic acid groups (broad SMARTS) is 1. The van der Waals surface area contributed by atoms with Crippen LogP contribution in [0.4, 0.5) is 0 Å². The molecule has 102 valence electrons. The van der Waals surface area contributed by atoms with E-state index in [9.17, 15) is 14.7 Å². The van der Waals surface area contributed by atoms with E-state index in [4.69, 9.17) is 0 Å². The zero-order chi connectivity index (χ0) is 13.7. The molecule has 3 N–H and O–H groups in total. The number of hydrogen-bond donors (Lipinski definition) is 3. The van der Waals surface area contributed by atoms with Crippen LogP contribution in [0.25, 0.3) is 0 Å². The second kappa shape index (κ2) is 5.84. The Hall–Kier alpha value is -1.88. The second-order valence-electron chi connectivity index (χ2n) is 4.85. The lowest BCUT2D eigenvalue weighted by molar-refractivity contribution is -0.146. The van der Waals surface area contributed by atoms with Crippen LogP contribution < -0.4 is 10.6 Å². The van der Waals surface area contributed by atoms with Crippen molar-refractivity contribution in [2.45, 2.75) is 24.8 Å². The first kappa shape index (κ1) is 13.5. The van der Waals surface area contributed by atoms with Crippen molar-refractivity contribution in [1.82, 2.24) is 10.6 Å². The molecule has 2 rings (SSSR count). The third-order valence-electron chi connectivity index (χ3n) is 3.43. The molecule has 1 aromatic rings. The average molecular weight is 262 g/mol. The summed E-state index contributed by atoms with van der Waals surface area (Å²) in [5, 5.41) is 14.9. The summed E-state index contributed by atoms with van der Waals surface area (Å²) >= 11 is 0. The van der Waals surface area contributed by atoms with Crippen LogP contribution >= 0.6 is 0 Å². The molecule has 5 heteroatoms. The zero-order valence-electron chi connectivity index (χ0n) is 10.7. The van der Waals surface area contributed by atoms with Crippen molar-refractivity contribution >= 4 is 11.9 Å². The van der Waals surface area contributed by atoms with E-state index in [0.717, 1.165) is 5.56 Å². The van der Waals surface area contributed by atoms with Crippen LogP contribution in [0.3, 0.4) is 0 Å². The smallest absolute Gasteiger partial charge is 0.330 e. The molecule has 0 aromatic heterocycles. The Balaban J connectivity index is 1.88. The maximum Gasteiger partial charge on any atom is 0.330 e. The highest BCUT2D eigenvalue weighted by Gasteiger charge is 2.42. The molecular weight excluding hydrogens is 244 g/mol. The van der Waals surface area contributed by atoms with Gasteiger partial charge in [0.25, 0.3) is 0 Å². The van der Waals surface area contributed by atoms with Crippen LogP contribution in [-0.2, 0) is 16.0 Å². The molecular formula is C14H18N2O3. The van der Waals surface area contributed by atoms with E-state index >= 15 is 0 Å². The fourth-order valence-electron chi connectivity index (χ4n) is 2.27. The Morgan fingerprint density at radius 2 is 2.05 bits per heavy atom. The first-order chi connectivity index (χ1) is 9.12. The van der Waals surface area contributed by atoms with Crippen LogP contribution in [-0.4, -0.2) is 35.6 Å². The lowest BCUT2D eigenvalue weighted by Crippen LogP contribution is -2.56. The highest BCUT2D eigenvalue weighted by molar-refractivity contribution is 5.87. The molecule has 0 saturated carbocycles. The lowest BCUT2D eigenvalue weighted by atomic mass is 9.98. The molecule has 1 aromatic carbocycles. The van der Waals surface area contributed by atoms with Gasteiger partial charge in [-0.3, -0.25) is 4.79 Å². The summed E-state index contributed by atoms with van der Waals surface area (Å²) < 4.78 is 0. The Morgan fingerprint density at radius 1 is 1.32 bits per heavy atom. The molecule has 19 heavy (non-hydrogen) atoms. The average Bonchev–Trinajstić information content (AvgIpc) is 2.87. The highest BCUT2D eigenvalue weighted by atomic mass is 16.4. The number of aliphatic carboxylic acids is 1. The van der Waals surface area contributed by atoms with Gasteiger partial charge in [-0.05, 0) is 24.9 Å². The lowest BCUT2D eigenvalue weighted by Gasteiger charge is -2.24. The number of carbonyl (C=O) groups excluding carboxylic acids is 1. The number of aryl methyl sites for hydroxylation is 1. The normalized spacial score (nSPS) is 22.1. The number of rotatable bonds is 5. The highest BCUT2D eigenvalue weighted by Crippen LogP contribution is 2.15. The second-order valence-corrected chi connectivity index (χ2v) is 4.85. The van der Waals surface area contributed by atoms with Gasteiger partial charge in [0.2, 0.25) is 5.91 Å². The van der Waals surface area contributed by atoms with Crippen LogP contribution in [0.2, 0.25) is 0 Å². The van der Waals surface area contributed by atoms with E-state index in [2.05, 4.69) is 10.6 Å². The van der Waals surface area contributed by atoms with Gasteiger partial charge in [-0.15, -0.1) is 0 Å². The van der Waals surface area contributed by atoms with E-state index < -0.39 is 11.5 Å². The maximum atomic E-state index is 11.9. The van der Waals surface area contributed by atoms with E-state index in [1.54, 1.807) is 0 Å². The van der Waals surface area contributed by atoms with Crippen molar-refractivity contribution in [1.29, 1.82) is 0 Å². The van der Waals surface area contributed by atoms with Crippen molar-refractivity contribution in [3.8, 4) is 0 Å². The summed E-state index contributed by atoms with van der Waals surface area (Å²) in [6.45, 7) is 0.907. The Morgan fingerprint density at radius 3 is 2.63 bits per heavy atom. The Kier molecular flexibility index (Phi) is 4.16. The first-order valence-corrected chi connectivity index (χ1v) is 6.41. The zero-order valence-corrected chi connectivity index (χ0v) is 10.7. The van der Waals surface area contributed by atoms with Gasteiger partial charge in [-0.25, -0.2) is 4.79 Å².